The molecule has 1 saturated heterocycles. The molecule has 1 aliphatic rings. The van der Waals surface area contributed by atoms with Crippen molar-refractivity contribution in [3.63, 3.8) is 0 Å². The molecule has 1 heterocycles. The third-order valence-electron chi connectivity index (χ3n) is 8.28. The number of aliphatic hydroxyl groups excluding tert-OH is 2. The van der Waals surface area contributed by atoms with Crippen LogP contribution < -0.4 is 10.6 Å². The Labute approximate surface area is 271 Å². The summed E-state index contributed by atoms with van der Waals surface area (Å²) in [6, 6.07) is 21.8. The van der Waals surface area contributed by atoms with Crippen LogP contribution in [-0.2, 0) is 25.7 Å². The Morgan fingerprint density at radius 1 is 0.957 bits per heavy atom. The minimum Gasteiger partial charge on any atom is -0.508 e. The van der Waals surface area contributed by atoms with E-state index in [1.54, 1.807) is 24.3 Å². The van der Waals surface area contributed by atoms with Gasteiger partial charge < -0.3 is 40.3 Å². The van der Waals surface area contributed by atoms with Gasteiger partial charge in [-0.2, -0.15) is 0 Å². The van der Waals surface area contributed by atoms with Crippen LogP contribution in [0.5, 0.6) is 5.75 Å². The lowest BCUT2D eigenvalue weighted by molar-refractivity contribution is -0.276. The number of carbonyl (C=O) groups excluding carboxylic acids is 2. The maximum atomic E-state index is 12.5. The van der Waals surface area contributed by atoms with Crippen molar-refractivity contribution >= 4 is 17.5 Å². The minimum absolute atomic E-state index is 0.0339. The van der Waals surface area contributed by atoms with Gasteiger partial charge in [0.2, 0.25) is 11.8 Å². The van der Waals surface area contributed by atoms with E-state index in [1.165, 1.54) is 6.92 Å². The number of benzene rings is 3. The van der Waals surface area contributed by atoms with Crippen molar-refractivity contribution in [2.24, 2.45) is 5.92 Å². The first kappa shape index (κ1) is 35.1. The molecule has 1 fully saturated rings. The zero-order valence-electron chi connectivity index (χ0n) is 26.9. The van der Waals surface area contributed by atoms with Gasteiger partial charge in [-0.15, -0.1) is 0 Å². The smallest absolute Gasteiger partial charge is 0.224 e. The number of hydrogen-bond donors (Lipinski definition) is 5. The van der Waals surface area contributed by atoms with Gasteiger partial charge in [-0.25, -0.2) is 0 Å². The molecule has 4 rings (SSSR count). The van der Waals surface area contributed by atoms with Crippen LogP contribution in [0.15, 0.2) is 72.8 Å². The van der Waals surface area contributed by atoms with Gasteiger partial charge in [-0.05, 0) is 60.8 Å². The molecule has 5 N–H and O–H groups in total. The predicted molar refractivity (Wildman–Crippen MR) is 176 cm³/mol. The standard InChI is InChI=1S/C36H47N3O7/c1-24-33(22-39(3)21-32(43)29-8-7-9-31(42)20-29)45-36(46-35(24)27-13-11-26(23-40)12-14-27)28-15-17-30(18-16-28)38-34(44)10-5-4-6-19-37-25(2)41/h7-9,11-18,20,24,32-33,35-36,40,42-43H,4-6,10,19,21-23H2,1-3H3,(H,37,41)(H,38,44)/t24-,32+,33+,35+,36+/m0/s1. The first-order valence-corrected chi connectivity index (χ1v) is 15.9. The molecule has 5 atom stereocenters. The summed E-state index contributed by atoms with van der Waals surface area (Å²) < 4.78 is 13.1. The van der Waals surface area contributed by atoms with E-state index in [1.807, 2.05) is 60.5 Å². The molecule has 0 radical (unpaired) electrons. The highest BCUT2D eigenvalue weighted by atomic mass is 16.7. The van der Waals surface area contributed by atoms with Crippen molar-refractivity contribution < 1.29 is 34.4 Å². The molecular formula is C36H47N3O7. The molecule has 3 aromatic rings. The van der Waals surface area contributed by atoms with Gasteiger partial charge >= 0.3 is 0 Å². The molecule has 0 bridgehead atoms. The van der Waals surface area contributed by atoms with Crippen LogP contribution in [0.4, 0.5) is 5.69 Å². The van der Waals surface area contributed by atoms with Gasteiger partial charge in [-0.3, -0.25) is 9.59 Å². The first-order chi connectivity index (χ1) is 22.1. The number of aromatic hydroxyl groups is 1. The number of nitrogens with one attached hydrogen (secondary N) is 2. The number of unbranched alkanes of at least 4 members (excludes halogenated alkanes) is 2. The maximum absolute atomic E-state index is 12.5. The lowest BCUT2D eigenvalue weighted by Gasteiger charge is -2.42. The highest BCUT2D eigenvalue weighted by Crippen LogP contribution is 2.42. The fourth-order valence-electron chi connectivity index (χ4n) is 5.64. The summed E-state index contributed by atoms with van der Waals surface area (Å²) in [4.78, 5) is 25.4. The third kappa shape index (κ3) is 10.4. The number of amides is 2. The van der Waals surface area contributed by atoms with Gasteiger partial charge in [-0.1, -0.05) is 61.9 Å². The lowest BCUT2D eigenvalue weighted by Crippen LogP contribution is -2.44. The van der Waals surface area contributed by atoms with Crippen molar-refractivity contribution in [2.75, 3.05) is 32.0 Å². The van der Waals surface area contributed by atoms with Gasteiger partial charge in [0.05, 0.1) is 24.9 Å². The SMILES string of the molecule is CC(=O)NCCCCCC(=O)Nc1ccc([C@@H]2O[C@H](CN(C)C[C@@H](O)c3cccc(O)c3)[C@H](C)[C@H](c3ccc(CO)cc3)O2)cc1. The summed E-state index contributed by atoms with van der Waals surface area (Å²) >= 11 is 0. The Bertz CT molecular complexity index is 1400. The zero-order valence-corrected chi connectivity index (χ0v) is 26.9. The number of anilines is 1. The quantitative estimate of drug-likeness (QED) is 0.148. The monoisotopic (exact) mass is 633 g/mol. The maximum Gasteiger partial charge on any atom is 0.224 e. The van der Waals surface area contributed by atoms with Crippen molar-refractivity contribution in [1.82, 2.24) is 10.2 Å². The Hall–Kier alpha value is -3.80. The number of phenolic OH excluding ortho intramolecular Hbond substituents is 1. The highest BCUT2D eigenvalue weighted by molar-refractivity contribution is 5.90. The lowest BCUT2D eigenvalue weighted by atomic mass is 9.90. The molecule has 0 aromatic heterocycles. The summed E-state index contributed by atoms with van der Waals surface area (Å²) in [5.41, 5.74) is 3.93. The fourth-order valence-corrected chi connectivity index (χ4v) is 5.64. The van der Waals surface area contributed by atoms with Crippen LogP contribution in [0.3, 0.4) is 0 Å². The molecule has 0 spiro atoms. The van der Waals surface area contributed by atoms with Crippen molar-refractivity contribution in [3.8, 4) is 5.75 Å². The summed E-state index contributed by atoms with van der Waals surface area (Å²) in [6.45, 7) is 5.04. The molecule has 248 valence electrons. The molecule has 0 saturated carbocycles. The molecular weight excluding hydrogens is 586 g/mol. The van der Waals surface area contributed by atoms with Crippen molar-refractivity contribution in [3.05, 3.63) is 95.1 Å². The van der Waals surface area contributed by atoms with E-state index in [4.69, 9.17) is 9.47 Å². The molecule has 0 unspecified atom stereocenters. The van der Waals surface area contributed by atoms with Crippen molar-refractivity contribution in [2.45, 2.75) is 70.7 Å². The second-order valence-corrected chi connectivity index (χ2v) is 12.1. The van der Waals surface area contributed by atoms with Crippen molar-refractivity contribution in [1.29, 1.82) is 0 Å². The second kappa shape index (κ2) is 17.2. The van der Waals surface area contributed by atoms with Crippen LogP contribution in [0.25, 0.3) is 0 Å². The molecule has 3 aromatic carbocycles. The Balaban J connectivity index is 1.41. The summed E-state index contributed by atoms with van der Waals surface area (Å²) in [6.07, 6.45) is 0.865. The van der Waals surface area contributed by atoms with Crippen LogP contribution in [0, 0.1) is 5.92 Å². The molecule has 46 heavy (non-hydrogen) atoms. The minimum atomic E-state index is -0.781. The number of nitrogens with zero attached hydrogens (tertiary/aromatic N) is 1. The number of ether oxygens (including phenoxy) is 2. The first-order valence-electron chi connectivity index (χ1n) is 15.9. The second-order valence-electron chi connectivity index (χ2n) is 12.1. The molecule has 0 aliphatic carbocycles. The summed E-state index contributed by atoms with van der Waals surface area (Å²) in [5, 5.41) is 35.9. The summed E-state index contributed by atoms with van der Waals surface area (Å²) in [5.74, 6) is -0.0302. The topological polar surface area (TPSA) is 141 Å². The van der Waals surface area contributed by atoms with E-state index >= 15 is 0 Å². The molecule has 10 heteroatoms. The molecule has 2 amide bonds. The molecule has 10 nitrogen and oxygen atoms in total. The predicted octanol–water partition coefficient (Wildman–Crippen LogP) is 4.98. The number of carbonyl (C=O) groups is 2. The van der Waals surface area contributed by atoms with E-state index in [2.05, 4.69) is 17.6 Å². The van der Waals surface area contributed by atoms with Gasteiger partial charge in [0.15, 0.2) is 6.29 Å². The number of hydrogen-bond acceptors (Lipinski definition) is 8. The van der Waals surface area contributed by atoms with E-state index in [0.29, 0.717) is 37.3 Å². The Morgan fingerprint density at radius 2 is 1.67 bits per heavy atom. The van der Waals surface area contributed by atoms with E-state index in [9.17, 15) is 24.9 Å². The van der Waals surface area contributed by atoms with E-state index in [-0.39, 0.29) is 42.3 Å². The zero-order chi connectivity index (χ0) is 33.1. The van der Waals surface area contributed by atoms with Crippen LogP contribution in [-0.4, -0.2) is 64.8 Å². The number of aliphatic hydroxyl groups is 2. The number of likely N-dealkylation sites (N-methyl/N-ethyl adjacent to an activating group) is 1. The van der Waals surface area contributed by atoms with Gasteiger partial charge in [0.25, 0.3) is 0 Å². The normalized spacial score (nSPS) is 20.3. The Morgan fingerprint density at radius 3 is 2.35 bits per heavy atom. The average Bonchev–Trinajstić information content (AvgIpc) is 3.04. The number of phenols is 1. The third-order valence-corrected chi connectivity index (χ3v) is 8.28. The van der Waals surface area contributed by atoms with E-state index in [0.717, 1.165) is 36.0 Å². The van der Waals surface area contributed by atoms with Crippen LogP contribution in [0.2, 0.25) is 0 Å². The Kier molecular flexibility index (Phi) is 13.1. The van der Waals surface area contributed by atoms with Gasteiger partial charge in [0, 0.05) is 50.1 Å². The largest absolute Gasteiger partial charge is 0.508 e. The highest BCUT2D eigenvalue weighted by Gasteiger charge is 2.39. The van der Waals surface area contributed by atoms with Crippen LogP contribution in [0.1, 0.15) is 80.3 Å². The molecule has 1 aliphatic heterocycles. The van der Waals surface area contributed by atoms with Gasteiger partial charge in [0.1, 0.15) is 5.75 Å². The van der Waals surface area contributed by atoms with Crippen LogP contribution >= 0.6 is 0 Å². The fraction of sp³-hybridized carbons (Fsp3) is 0.444. The number of rotatable bonds is 15. The van der Waals surface area contributed by atoms with E-state index < -0.39 is 12.4 Å². The average molecular weight is 634 g/mol. The summed E-state index contributed by atoms with van der Waals surface area (Å²) in [7, 11) is 1.93.